The largest absolute Gasteiger partial charge is 0.352 e. The van der Waals surface area contributed by atoms with E-state index in [-0.39, 0.29) is 17.4 Å². The molecular formula is C22H22ClN5O2. The molecular weight excluding hydrogens is 402 g/mol. The quantitative estimate of drug-likeness (QED) is 0.629. The van der Waals surface area contributed by atoms with Crippen LogP contribution in [0, 0.1) is 5.92 Å². The Morgan fingerprint density at radius 1 is 1.23 bits per heavy atom. The third-order valence-electron chi connectivity index (χ3n) is 4.93. The Hall–Kier alpha value is -3.06. The van der Waals surface area contributed by atoms with Crippen molar-refractivity contribution in [3.05, 3.63) is 63.4 Å². The molecule has 30 heavy (non-hydrogen) atoms. The number of nitrogens with zero attached hydrogens (tertiary/aromatic N) is 3. The van der Waals surface area contributed by atoms with E-state index in [1.807, 2.05) is 26.0 Å². The van der Waals surface area contributed by atoms with Crippen LogP contribution in [0.2, 0.25) is 5.02 Å². The van der Waals surface area contributed by atoms with E-state index in [0.29, 0.717) is 40.1 Å². The second-order valence-electron chi connectivity index (χ2n) is 7.77. The van der Waals surface area contributed by atoms with Crippen LogP contribution in [0.25, 0.3) is 22.6 Å². The van der Waals surface area contributed by atoms with Crippen molar-refractivity contribution >= 4 is 17.5 Å². The summed E-state index contributed by atoms with van der Waals surface area (Å²) in [5, 5.41) is 3.33. The molecule has 1 aliphatic rings. The number of hydrogen-bond donors (Lipinski definition) is 2. The Bertz CT molecular complexity index is 1140. The van der Waals surface area contributed by atoms with Gasteiger partial charge in [-0.05, 0) is 30.5 Å². The van der Waals surface area contributed by atoms with Gasteiger partial charge in [0, 0.05) is 48.0 Å². The lowest BCUT2D eigenvalue weighted by Crippen LogP contribution is -2.27. The van der Waals surface area contributed by atoms with Crippen LogP contribution in [0.3, 0.4) is 0 Å². The highest BCUT2D eigenvalue weighted by atomic mass is 35.5. The van der Waals surface area contributed by atoms with Crippen LogP contribution < -0.4 is 10.9 Å². The highest BCUT2D eigenvalue weighted by molar-refractivity contribution is 6.33. The van der Waals surface area contributed by atoms with Gasteiger partial charge < -0.3 is 10.3 Å². The average Bonchev–Trinajstić information content (AvgIpc) is 3.58. The fourth-order valence-electron chi connectivity index (χ4n) is 3.01. The summed E-state index contributed by atoms with van der Waals surface area (Å²) in [6, 6.07) is 6.80. The number of carbonyl (C=O) groups excluding carboxylic acids is 1. The Labute approximate surface area is 179 Å². The number of hydrogen-bond acceptors (Lipinski definition) is 5. The van der Waals surface area contributed by atoms with Crippen molar-refractivity contribution in [2.45, 2.75) is 39.2 Å². The third-order valence-corrected chi connectivity index (χ3v) is 5.26. The minimum atomic E-state index is -0.296. The van der Waals surface area contributed by atoms with E-state index in [4.69, 9.17) is 11.6 Å². The summed E-state index contributed by atoms with van der Waals surface area (Å²) in [5.41, 5.74) is 2.29. The van der Waals surface area contributed by atoms with Crippen molar-refractivity contribution in [2.75, 3.05) is 0 Å². The van der Waals surface area contributed by atoms with E-state index in [0.717, 1.165) is 24.2 Å². The Kier molecular flexibility index (Phi) is 5.63. The van der Waals surface area contributed by atoms with Crippen molar-refractivity contribution in [1.82, 2.24) is 25.3 Å². The monoisotopic (exact) mass is 423 g/mol. The Morgan fingerprint density at radius 3 is 2.63 bits per heavy atom. The van der Waals surface area contributed by atoms with Gasteiger partial charge in [-0.15, -0.1) is 0 Å². The summed E-state index contributed by atoms with van der Waals surface area (Å²) in [5.74, 6) is 1.52. The predicted octanol–water partition coefficient (Wildman–Crippen LogP) is 3.70. The van der Waals surface area contributed by atoms with Gasteiger partial charge in [-0.3, -0.25) is 9.59 Å². The molecule has 0 spiro atoms. The predicted molar refractivity (Wildman–Crippen MR) is 115 cm³/mol. The SMILES string of the molecule is CC(C)C(=O)NCc1ccc(Cl)c(-c2nc(-c3cnc(C4CC4)nc3)cc(=O)[nH]2)c1. The molecule has 0 aliphatic heterocycles. The number of aromatic amines is 1. The molecule has 3 aromatic rings. The number of carbonyl (C=O) groups is 1. The van der Waals surface area contributed by atoms with Crippen LogP contribution in [-0.4, -0.2) is 25.8 Å². The van der Waals surface area contributed by atoms with Gasteiger partial charge in [0.2, 0.25) is 5.91 Å². The molecule has 1 fully saturated rings. The summed E-state index contributed by atoms with van der Waals surface area (Å²) < 4.78 is 0. The van der Waals surface area contributed by atoms with Crippen LogP contribution in [-0.2, 0) is 11.3 Å². The molecule has 0 bridgehead atoms. The van der Waals surface area contributed by atoms with Gasteiger partial charge in [-0.2, -0.15) is 0 Å². The highest BCUT2D eigenvalue weighted by Gasteiger charge is 2.26. The number of halogens is 1. The number of nitrogens with one attached hydrogen (secondary N) is 2. The van der Waals surface area contributed by atoms with Crippen molar-refractivity contribution < 1.29 is 4.79 Å². The smallest absolute Gasteiger partial charge is 0.251 e. The van der Waals surface area contributed by atoms with Crippen LogP contribution in [0.5, 0.6) is 0 Å². The number of benzene rings is 1. The van der Waals surface area contributed by atoms with E-state index in [2.05, 4.69) is 25.3 Å². The maximum atomic E-state index is 12.3. The molecule has 0 unspecified atom stereocenters. The van der Waals surface area contributed by atoms with E-state index in [1.165, 1.54) is 6.07 Å². The summed E-state index contributed by atoms with van der Waals surface area (Å²) >= 11 is 6.38. The van der Waals surface area contributed by atoms with E-state index >= 15 is 0 Å². The number of aromatic nitrogens is 4. The third kappa shape index (κ3) is 4.57. The van der Waals surface area contributed by atoms with Crippen molar-refractivity contribution in [3.63, 3.8) is 0 Å². The Balaban J connectivity index is 1.64. The van der Waals surface area contributed by atoms with Crippen LogP contribution in [0.4, 0.5) is 0 Å². The lowest BCUT2D eigenvalue weighted by molar-refractivity contribution is -0.124. The minimum Gasteiger partial charge on any atom is -0.352 e. The first-order valence-corrected chi connectivity index (χ1v) is 10.3. The van der Waals surface area contributed by atoms with Crippen LogP contribution in [0.1, 0.15) is 44.0 Å². The molecule has 2 aromatic heterocycles. The van der Waals surface area contributed by atoms with Gasteiger partial charge in [0.1, 0.15) is 11.6 Å². The maximum Gasteiger partial charge on any atom is 0.251 e. The van der Waals surface area contributed by atoms with Crippen molar-refractivity contribution in [3.8, 4) is 22.6 Å². The fourth-order valence-corrected chi connectivity index (χ4v) is 3.22. The molecule has 4 rings (SSSR count). The van der Waals surface area contributed by atoms with E-state index < -0.39 is 0 Å². The van der Waals surface area contributed by atoms with Crippen LogP contribution >= 0.6 is 11.6 Å². The van der Waals surface area contributed by atoms with Crippen LogP contribution in [0.15, 0.2) is 41.5 Å². The van der Waals surface area contributed by atoms with Gasteiger partial charge >= 0.3 is 0 Å². The summed E-state index contributed by atoms with van der Waals surface area (Å²) in [4.78, 5) is 40.3. The first-order valence-electron chi connectivity index (χ1n) is 9.91. The number of amides is 1. The first kappa shape index (κ1) is 20.2. The number of H-pyrrole nitrogens is 1. The van der Waals surface area contributed by atoms with Crippen molar-refractivity contribution in [1.29, 1.82) is 0 Å². The van der Waals surface area contributed by atoms with Gasteiger partial charge in [0.15, 0.2) is 0 Å². The zero-order valence-electron chi connectivity index (χ0n) is 16.8. The first-order chi connectivity index (χ1) is 14.4. The second-order valence-corrected chi connectivity index (χ2v) is 8.18. The lowest BCUT2D eigenvalue weighted by Gasteiger charge is -2.11. The minimum absolute atomic E-state index is 0.0327. The topological polar surface area (TPSA) is 101 Å². The van der Waals surface area contributed by atoms with Gasteiger partial charge in [0.25, 0.3) is 5.56 Å². The Morgan fingerprint density at radius 2 is 1.97 bits per heavy atom. The molecule has 1 aromatic carbocycles. The molecule has 0 saturated heterocycles. The fraction of sp³-hybridized carbons (Fsp3) is 0.318. The number of rotatable bonds is 6. The summed E-state index contributed by atoms with van der Waals surface area (Å²) in [6.07, 6.45) is 5.65. The second kappa shape index (κ2) is 8.36. The molecule has 1 aliphatic carbocycles. The summed E-state index contributed by atoms with van der Waals surface area (Å²) in [7, 11) is 0. The van der Waals surface area contributed by atoms with Gasteiger partial charge in [-0.1, -0.05) is 31.5 Å². The molecule has 8 heteroatoms. The molecule has 154 valence electrons. The standard InChI is InChI=1S/C22H22ClN5O2/c1-12(2)22(30)26-9-13-3-6-17(23)16(7-13)21-27-18(8-19(29)28-21)15-10-24-20(25-11-15)14-4-5-14/h3,6-8,10-12,14H,4-5,9H2,1-2H3,(H,26,30)(H,27,28,29). The molecule has 0 atom stereocenters. The molecule has 0 radical (unpaired) electrons. The zero-order valence-corrected chi connectivity index (χ0v) is 17.5. The van der Waals surface area contributed by atoms with Gasteiger partial charge in [0.05, 0.1) is 10.7 Å². The van der Waals surface area contributed by atoms with E-state index in [9.17, 15) is 9.59 Å². The van der Waals surface area contributed by atoms with Gasteiger partial charge in [-0.25, -0.2) is 15.0 Å². The van der Waals surface area contributed by atoms with Crippen molar-refractivity contribution in [2.24, 2.45) is 5.92 Å². The maximum absolute atomic E-state index is 12.3. The van der Waals surface area contributed by atoms with E-state index in [1.54, 1.807) is 18.5 Å². The highest BCUT2D eigenvalue weighted by Crippen LogP contribution is 2.38. The summed E-state index contributed by atoms with van der Waals surface area (Å²) in [6.45, 7) is 4.04. The molecule has 7 nitrogen and oxygen atoms in total. The lowest BCUT2D eigenvalue weighted by atomic mass is 10.1. The molecule has 1 amide bonds. The normalized spacial score (nSPS) is 13.5. The zero-order chi connectivity index (χ0) is 21.3. The molecule has 1 saturated carbocycles. The molecule has 2 heterocycles. The molecule has 2 N–H and O–H groups in total. The average molecular weight is 424 g/mol.